The van der Waals surface area contributed by atoms with E-state index in [1.54, 1.807) is 0 Å². The van der Waals surface area contributed by atoms with Crippen molar-refractivity contribution in [1.82, 2.24) is 0 Å². The van der Waals surface area contributed by atoms with Crippen molar-refractivity contribution >= 4 is 11.9 Å². The molecule has 68 heavy (non-hydrogen) atoms. The Balaban J connectivity index is 3.67. The zero-order chi connectivity index (χ0) is 49.2. The third-order valence-corrected chi connectivity index (χ3v) is 11.1. The van der Waals surface area contributed by atoms with Gasteiger partial charge in [-0.1, -0.05) is 230 Å². The number of hydrogen-bond donors (Lipinski definition) is 1. The van der Waals surface area contributed by atoms with Crippen LogP contribution in [0.15, 0.2) is 146 Å². The van der Waals surface area contributed by atoms with E-state index in [0.717, 1.165) is 122 Å². The Kier molecular flexibility index (Phi) is 53.6. The van der Waals surface area contributed by atoms with Crippen LogP contribution < -0.4 is 0 Å². The minimum absolute atomic E-state index is 0.0876. The van der Waals surface area contributed by atoms with Gasteiger partial charge in [0.15, 0.2) is 6.10 Å². The molecule has 0 amide bonds. The first kappa shape index (κ1) is 63.8. The second-order valence-electron chi connectivity index (χ2n) is 17.6. The Morgan fingerprint density at radius 1 is 0.353 bits per heavy atom. The molecule has 0 aromatic rings. The normalized spacial score (nSPS) is 13.4. The SMILES string of the molecule is CC/C=C\C/C=C\C/C=C\C/C=C\C/C=C\C/C=C\C/C=C\C/C=C\C/C=C\C/C=C\CCCCCCC(=O)OC(CO)COC(=O)CCCCCCCCCCC/C=C\C/C=C\CCCCC. The van der Waals surface area contributed by atoms with Crippen molar-refractivity contribution in [3.63, 3.8) is 0 Å². The van der Waals surface area contributed by atoms with Crippen LogP contribution in [0.4, 0.5) is 0 Å². The number of allylic oxidation sites excluding steroid dienone is 24. The zero-order valence-corrected chi connectivity index (χ0v) is 43.6. The van der Waals surface area contributed by atoms with Crippen molar-refractivity contribution in [3.8, 4) is 0 Å². The van der Waals surface area contributed by atoms with Gasteiger partial charge in [0.05, 0.1) is 6.61 Å². The summed E-state index contributed by atoms with van der Waals surface area (Å²) in [5.74, 6) is -0.634. The van der Waals surface area contributed by atoms with E-state index in [1.807, 2.05) is 0 Å². The molecule has 0 aliphatic rings. The van der Waals surface area contributed by atoms with Crippen LogP contribution in [0.25, 0.3) is 0 Å². The molecule has 1 N–H and O–H groups in total. The van der Waals surface area contributed by atoms with Gasteiger partial charge in [-0.3, -0.25) is 9.59 Å². The second kappa shape index (κ2) is 57.1. The van der Waals surface area contributed by atoms with Gasteiger partial charge in [0.2, 0.25) is 0 Å². The van der Waals surface area contributed by atoms with E-state index in [9.17, 15) is 14.7 Å². The van der Waals surface area contributed by atoms with E-state index in [4.69, 9.17) is 9.47 Å². The van der Waals surface area contributed by atoms with E-state index in [0.29, 0.717) is 12.8 Å². The molecule has 0 radical (unpaired) electrons. The summed E-state index contributed by atoms with van der Waals surface area (Å²) >= 11 is 0. The van der Waals surface area contributed by atoms with Crippen molar-refractivity contribution in [2.75, 3.05) is 13.2 Å². The maximum absolute atomic E-state index is 12.3. The molecule has 0 saturated carbocycles. The third-order valence-electron chi connectivity index (χ3n) is 11.1. The molecule has 0 aliphatic carbocycles. The lowest BCUT2D eigenvalue weighted by atomic mass is 10.1. The Labute approximate surface area is 418 Å². The molecule has 0 aromatic heterocycles. The quantitative estimate of drug-likeness (QED) is 0.0374. The van der Waals surface area contributed by atoms with Gasteiger partial charge in [0, 0.05) is 12.8 Å². The number of carbonyl (C=O) groups is 2. The summed E-state index contributed by atoms with van der Waals surface area (Å²) in [6, 6.07) is 0. The molecule has 0 rings (SSSR count). The summed E-state index contributed by atoms with van der Waals surface area (Å²) in [5, 5.41) is 9.64. The molecular weight excluding hydrogens is 837 g/mol. The number of esters is 2. The van der Waals surface area contributed by atoms with Crippen molar-refractivity contribution in [2.24, 2.45) is 0 Å². The maximum Gasteiger partial charge on any atom is 0.306 e. The highest BCUT2D eigenvalue weighted by Crippen LogP contribution is 2.13. The van der Waals surface area contributed by atoms with Crippen molar-refractivity contribution in [3.05, 3.63) is 146 Å². The minimum atomic E-state index is -0.799. The van der Waals surface area contributed by atoms with E-state index >= 15 is 0 Å². The highest BCUT2D eigenvalue weighted by Gasteiger charge is 2.16. The first-order valence-corrected chi connectivity index (χ1v) is 27.4. The van der Waals surface area contributed by atoms with Crippen LogP contribution in [0.3, 0.4) is 0 Å². The summed E-state index contributed by atoms with van der Waals surface area (Å²) in [4.78, 5) is 24.5. The highest BCUT2D eigenvalue weighted by molar-refractivity contribution is 5.70. The number of carbonyl (C=O) groups excluding carboxylic acids is 2. The summed E-state index contributed by atoms with van der Waals surface area (Å²) in [5.41, 5.74) is 0. The Bertz CT molecular complexity index is 1480. The van der Waals surface area contributed by atoms with Crippen LogP contribution in [0.2, 0.25) is 0 Å². The Morgan fingerprint density at radius 2 is 0.632 bits per heavy atom. The van der Waals surface area contributed by atoms with Gasteiger partial charge in [0.25, 0.3) is 0 Å². The number of hydrogen-bond acceptors (Lipinski definition) is 5. The second-order valence-corrected chi connectivity index (χ2v) is 17.6. The van der Waals surface area contributed by atoms with Crippen LogP contribution in [0.1, 0.15) is 219 Å². The minimum Gasteiger partial charge on any atom is -0.462 e. The van der Waals surface area contributed by atoms with Gasteiger partial charge >= 0.3 is 11.9 Å². The largest absolute Gasteiger partial charge is 0.462 e. The lowest BCUT2D eigenvalue weighted by Crippen LogP contribution is -2.28. The van der Waals surface area contributed by atoms with E-state index < -0.39 is 6.10 Å². The topological polar surface area (TPSA) is 72.8 Å². The van der Waals surface area contributed by atoms with Crippen LogP contribution in [-0.2, 0) is 19.1 Å². The molecule has 1 unspecified atom stereocenters. The first-order chi connectivity index (χ1) is 33.6. The molecule has 0 bridgehead atoms. The predicted octanol–water partition coefficient (Wildman–Crippen LogP) is 18.6. The molecule has 0 saturated heterocycles. The van der Waals surface area contributed by atoms with Crippen LogP contribution >= 0.6 is 0 Å². The summed E-state index contributed by atoms with van der Waals surface area (Å²) < 4.78 is 10.7. The highest BCUT2D eigenvalue weighted by atomic mass is 16.6. The summed E-state index contributed by atoms with van der Waals surface area (Å²) in [6.07, 6.45) is 86.6. The van der Waals surface area contributed by atoms with Gasteiger partial charge in [-0.15, -0.1) is 0 Å². The molecule has 0 aromatic carbocycles. The maximum atomic E-state index is 12.3. The average molecular weight is 937 g/mol. The predicted molar refractivity (Wildman–Crippen MR) is 297 cm³/mol. The third kappa shape index (κ3) is 54.4. The van der Waals surface area contributed by atoms with Crippen LogP contribution in [-0.4, -0.2) is 36.4 Å². The van der Waals surface area contributed by atoms with Gasteiger partial charge < -0.3 is 14.6 Å². The molecule has 5 nitrogen and oxygen atoms in total. The van der Waals surface area contributed by atoms with Gasteiger partial charge in [-0.25, -0.2) is 0 Å². The fourth-order valence-corrected chi connectivity index (χ4v) is 7.02. The Morgan fingerprint density at radius 3 is 0.956 bits per heavy atom. The molecule has 0 heterocycles. The lowest BCUT2D eigenvalue weighted by Gasteiger charge is -2.15. The molecule has 0 spiro atoms. The van der Waals surface area contributed by atoms with E-state index in [2.05, 4.69) is 160 Å². The van der Waals surface area contributed by atoms with Crippen molar-refractivity contribution in [2.45, 2.75) is 225 Å². The van der Waals surface area contributed by atoms with Crippen LogP contribution in [0.5, 0.6) is 0 Å². The molecular formula is C63H100O5. The fourth-order valence-electron chi connectivity index (χ4n) is 7.02. The van der Waals surface area contributed by atoms with Crippen molar-refractivity contribution in [1.29, 1.82) is 0 Å². The van der Waals surface area contributed by atoms with Gasteiger partial charge in [0.1, 0.15) is 6.61 Å². The van der Waals surface area contributed by atoms with E-state index in [-0.39, 0.29) is 25.2 Å². The summed E-state index contributed by atoms with van der Waals surface area (Å²) in [6.45, 7) is 3.97. The standard InChI is InChI=1S/C63H100O5/c1-3-5-7-9-11-13-15-17-19-21-23-24-25-26-27-28-29-30-31-32-33-34-35-36-37-38-40-42-44-46-48-50-52-54-56-58-63(66)68-61(59-64)60-67-62(65)57-55-53-51-49-47-45-43-41-39-22-20-18-16-14-12-10-8-6-4-2/h5,7,11-14,17-20,23-24,26-27,29-30,32-33,35-36,38,40,44,46,61,64H,3-4,6,8-10,15-16,21-22,25,28,31,34,37,39,41-43,45,47-60H2,1-2H3/b7-5-,13-11-,14-12-,19-17-,20-18-,24-23-,27-26-,30-29-,33-32-,36-35-,40-38-,46-44-. The number of rotatable bonds is 48. The smallest absolute Gasteiger partial charge is 0.306 e. The summed E-state index contributed by atoms with van der Waals surface area (Å²) in [7, 11) is 0. The monoisotopic (exact) mass is 937 g/mol. The first-order valence-electron chi connectivity index (χ1n) is 27.4. The zero-order valence-electron chi connectivity index (χ0n) is 43.6. The van der Waals surface area contributed by atoms with E-state index in [1.165, 1.54) is 70.6 Å². The number of aliphatic hydroxyl groups is 1. The number of unbranched alkanes of at least 4 members (excludes halogenated alkanes) is 16. The molecule has 5 heteroatoms. The number of ether oxygens (including phenoxy) is 2. The van der Waals surface area contributed by atoms with Crippen LogP contribution in [0, 0.1) is 0 Å². The average Bonchev–Trinajstić information content (AvgIpc) is 3.34. The fraction of sp³-hybridized carbons (Fsp3) is 0.587. The molecule has 0 aliphatic heterocycles. The molecule has 1 atom stereocenters. The Hall–Kier alpha value is -4.22. The molecule has 382 valence electrons. The number of aliphatic hydroxyl groups excluding tert-OH is 1. The lowest BCUT2D eigenvalue weighted by molar-refractivity contribution is -0.161. The van der Waals surface area contributed by atoms with Crippen molar-refractivity contribution < 1.29 is 24.2 Å². The molecule has 0 fully saturated rings. The van der Waals surface area contributed by atoms with Gasteiger partial charge in [-0.2, -0.15) is 0 Å². The van der Waals surface area contributed by atoms with Gasteiger partial charge in [-0.05, 0) is 122 Å².